The highest BCUT2D eigenvalue weighted by Gasteiger charge is 2.23. The quantitative estimate of drug-likeness (QED) is 0.623. The van der Waals surface area contributed by atoms with Gasteiger partial charge >= 0.3 is 0 Å². The number of amides is 1. The first kappa shape index (κ1) is 20.0. The maximum absolute atomic E-state index is 12.7. The lowest BCUT2D eigenvalue weighted by atomic mass is 10.2. The van der Waals surface area contributed by atoms with Crippen LogP contribution in [0.25, 0.3) is 0 Å². The normalized spacial score (nSPS) is 11.2. The van der Waals surface area contributed by atoms with Crippen molar-refractivity contribution in [2.24, 2.45) is 0 Å². The van der Waals surface area contributed by atoms with Crippen LogP contribution in [0.2, 0.25) is 5.02 Å². The Morgan fingerprint density at radius 3 is 2.39 bits per heavy atom. The van der Waals surface area contributed by atoms with Crippen molar-refractivity contribution in [3.63, 3.8) is 0 Å². The van der Waals surface area contributed by atoms with Crippen molar-refractivity contribution in [2.75, 3.05) is 0 Å². The molecule has 0 saturated heterocycles. The van der Waals surface area contributed by atoms with Gasteiger partial charge in [-0.05, 0) is 18.1 Å². The lowest BCUT2D eigenvalue weighted by Gasteiger charge is -2.08. The Labute approximate surface area is 168 Å². The molecule has 0 aliphatic rings. The van der Waals surface area contributed by atoms with Gasteiger partial charge in [-0.3, -0.25) is 4.79 Å². The van der Waals surface area contributed by atoms with Crippen molar-refractivity contribution in [1.82, 2.24) is 15.3 Å². The molecule has 0 bridgehead atoms. The number of benzene rings is 2. The molecular formula is C20H18ClN3O3S. The van der Waals surface area contributed by atoms with Gasteiger partial charge in [0, 0.05) is 6.54 Å². The summed E-state index contributed by atoms with van der Waals surface area (Å²) in [7, 11) is -3.83. The van der Waals surface area contributed by atoms with E-state index in [1.807, 2.05) is 49.4 Å². The Morgan fingerprint density at radius 1 is 1.04 bits per heavy atom. The van der Waals surface area contributed by atoms with E-state index in [4.69, 9.17) is 11.6 Å². The summed E-state index contributed by atoms with van der Waals surface area (Å²) in [5.41, 5.74) is 2.36. The summed E-state index contributed by atoms with van der Waals surface area (Å²) < 4.78 is 25.3. The molecular weight excluding hydrogens is 398 g/mol. The third kappa shape index (κ3) is 4.94. The number of halogens is 1. The third-order valence-corrected chi connectivity index (χ3v) is 5.73. The molecule has 1 aromatic heterocycles. The van der Waals surface area contributed by atoms with Gasteiger partial charge < -0.3 is 5.32 Å². The molecule has 0 spiro atoms. The fourth-order valence-electron chi connectivity index (χ4n) is 2.49. The number of hydrogen-bond donors (Lipinski definition) is 1. The largest absolute Gasteiger partial charge is 0.347 e. The minimum Gasteiger partial charge on any atom is -0.347 e. The number of aromatic nitrogens is 2. The maximum atomic E-state index is 12.7. The predicted molar refractivity (Wildman–Crippen MR) is 107 cm³/mol. The number of aryl methyl sites for hydroxylation is 1. The molecule has 0 saturated carbocycles. The molecule has 1 amide bonds. The molecule has 0 aliphatic heterocycles. The average Bonchev–Trinajstić information content (AvgIpc) is 2.69. The van der Waals surface area contributed by atoms with Crippen molar-refractivity contribution in [3.05, 3.63) is 88.2 Å². The smallest absolute Gasteiger partial charge is 0.271 e. The molecule has 1 N–H and O–H groups in total. The number of carbonyl (C=O) groups excluding carboxylic acids is 1. The Bertz CT molecular complexity index is 1090. The summed E-state index contributed by atoms with van der Waals surface area (Å²) in [5.74, 6) is -0.831. The summed E-state index contributed by atoms with van der Waals surface area (Å²) in [6.07, 6.45) is 1.13. The van der Waals surface area contributed by atoms with Crippen LogP contribution in [0.4, 0.5) is 0 Å². The van der Waals surface area contributed by atoms with Gasteiger partial charge in [0.1, 0.15) is 0 Å². The van der Waals surface area contributed by atoms with E-state index in [-0.39, 0.29) is 23.0 Å². The monoisotopic (exact) mass is 415 g/mol. The van der Waals surface area contributed by atoms with E-state index in [2.05, 4.69) is 15.3 Å². The van der Waals surface area contributed by atoms with E-state index >= 15 is 0 Å². The van der Waals surface area contributed by atoms with Gasteiger partial charge in [-0.1, -0.05) is 71.8 Å². The van der Waals surface area contributed by atoms with Crippen molar-refractivity contribution in [2.45, 2.75) is 24.4 Å². The third-order valence-electron chi connectivity index (χ3n) is 3.99. The Hall–Kier alpha value is -2.77. The zero-order valence-corrected chi connectivity index (χ0v) is 16.7. The highest BCUT2D eigenvalue weighted by Crippen LogP contribution is 2.18. The van der Waals surface area contributed by atoms with Crippen LogP contribution in [0.5, 0.6) is 0 Å². The number of sulfone groups is 1. The molecule has 0 unspecified atom stereocenters. The topological polar surface area (TPSA) is 89.0 Å². The van der Waals surface area contributed by atoms with E-state index in [0.29, 0.717) is 5.56 Å². The SMILES string of the molecule is Cc1ccc(CS(=O)(=O)c2ncc(Cl)c(C(=O)NCc3ccccc3)n2)cc1. The molecule has 28 heavy (non-hydrogen) atoms. The molecule has 0 radical (unpaired) electrons. The fourth-order valence-corrected chi connectivity index (χ4v) is 3.87. The van der Waals surface area contributed by atoms with Crippen molar-refractivity contribution in [3.8, 4) is 0 Å². The van der Waals surface area contributed by atoms with Crippen molar-refractivity contribution in [1.29, 1.82) is 0 Å². The first-order valence-electron chi connectivity index (χ1n) is 8.48. The van der Waals surface area contributed by atoms with Crippen LogP contribution in [0.3, 0.4) is 0 Å². The van der Waals surface area contributed by atoms with Gasteiger partial charge in [0.25, 0.3) is 5.91 Å². The van der Waals surface area contributed by atoms with Crippen LogP contribution in [0, 0.1) is 6.92 Å². The van der Waals surface area contributed by atoms with Crippen molar-refractivity contribution >= 4 is 27.3 Å². The van der Waals surface area contributed by atoms with Crippen LogP contribution in [-0.4, -0.2) is 24.3 Å². The number of nitrogens with zero attached hydrogens (tertiary/aromatic N) is 2. The average molecular weight is 416 g/mol. The van der Waals surface area contributed by atoms with Gasteiger partial charge in [0.15, 0.2) is 5.69 Å². The van der Waals surface area contributed by atoms with Crippen LogP contribution >= 0.6 is 11.6 Å². The first-order valence-corrected chi connectivity index (χ1v) is 10.5. The van der Waals surface area contributed by atoms with E-state index in [0.717, 1.165) is 17.3 Å². The number of nitrogens with one attached hydrogen (secondary N) is 1. The van der Waals surface area contributed by atoms with E-state index in [9.17, 15) is 13.2 Å². The highest BCUT2D eigenvalue weighted by atomic mass is 35.5. The lowest BCUT2D eigenvalue weighted by Crippen LogP contribution is -2.25. The van der Waals surface area contributed by atoms with Crippen LogP contribution in [-0.2, 0) is 22.1 Å². The predicted octanol–water partition coefficient (Wildman–Crippen LogP) is 3.34. The van der Waals surface area contributed by atoms with E-state index in [1.165, 1.54) is 0 Å². The van der Waals surface area contributed by atoms with Crippen LogP contribution < -0.4 is 5.32 Å². The lowest BCUT2D eigenvalue weighted by molar-refractivity contribution is 0.0945. The summed E-state index contributed by atoms with van der Waals surface area (Å²) in [6.45, 7) is 2.19. The summed E-state index contributed by atoms with van der Waals surface area (Å²) in [6, 6.07) is 16.4. The molecule has 2 aromatic carbocycles. The zero-order chi connectivity index (χ0) is 20.1. The number of rotatable bonds is 6. The van der Waals surface area contributed by atoms with Crippen molar-refractivity contribution < 1.29 is 13.2 Å². The molecule has 6 nitrogen and oxygen atoms in total. The van der Waals surface area contributed by atoms with Gasteiger partial charge in [0.2, 0.25) is 15.0 Å². The number of carbonyl (C=O) groups is 1. The summed E-state index contributed by atoms with van der Waals surface area (Å²) in [4.78, 5) is 20.2. The molecule has 0 aliphatic carbocycles. The molecule has 3 aromatic rings. The van der Waals surface area contributed by atoms with Crippen LogP contribution in [0.1, 0.15) is 27.2 Å². The standard InChI is InChI=1S/C20H18ClN3O3S/c1-14-7-9-16(10-8-14)13-28(26,27)20-23-12-17(21)18(24-20)19(25)22-11-15-5-3-2-4-6-15/h2-10,12H,11,13H2,1H3,(H,22,25). The summed E-state index contributed by atoms with van der Waals surface area (Å²) in [5, 5.41) is 2.24. The molecule has 3 rings (SSSR count). The Morgan fingerprint density at radius 2 is 1.71 bits per heavy atom. The van der Waals surface area contributed by atoms with E-state index < -0.39 is 20.9 Å². The second-order valence-electron chi connectivity index (χ2n) is 6.26. The Balaban J connectivity index is 1.79. The first-order chi connectivity index (χ1) is 13.3. The zero-order valence-electron chi connectivity index (χ0n) is 15.1. The van der Waals surface area contributed by atoms with Gasteiger partial charge in [-0.2, -0.15) is 0 Å². The molecule has 8 heteroatoms. The fraction of sp³-hybridized carbons (Fsp3) is 0.150. The second kappa shape index (κ2) is 8.50. The Kier molecular flexibility index (Phi) is 6.06. The maximum Gasteiger partial charge on any atom is 0.271 e. The molecule has 1 heterocycles. The minimum atomic E-state index is -3.83. The van der Waals surface area contributed by atoms with Crippen LogP contribution in [0.15, 0.2) is 66.0 Å². The highest BCUT2D eigenvalue weighted by molar-refractivity contribution is 7.90. The summed E-state index contributed by atoms with van der Waals surface area (Å²) >= 11 is 6.02. The van der Waals surface area contributed by atoms with Gasteiger partial charge in [0.05, 0.1) is 17.0 Å². The molecule has 0 atom stereocenters. The van der Waals surface area contributed by atoms with Gasteiger partial charge in [-0.15, -0.1) is 0 Å². The molecule has 144 valence electrons. The van der Waals surface area contributed by atoms with Gasteiger partial charge in [-0.25, -0.2) is 18.4 Å². The minimum absolute atomic E-state index is 0.0140. The molecule has 0 fully saturated rings. The number of hydrogen-bond acceptors (Lipinski definition) is 5. The van der Waals surface area contributed by atoms with E-state index in [1.54, 1.807) is 12.1 Å². The second-order valence-corrected chi connectivity index (χ2v) is 8.55.